The van der Waals surface area contributed by atoms with Crippen LogP contribution in [0.15, 0.2) is 334 Å². The van der Waals surface area contributed by atoms with E-state index in [-0.39, 0.29) is 0 Å². The van der Waals surface area contributed by atoms with Crippen LogP contribution in [0.25, 0.3) is 111 Å². The van der Waals surface area contributed by atoms with Crippen LogP contribution in [0.5, 0.6) is 0 Å². The summed E-state index contributed by atoms with van der Waals surface area (Å²) in [6.07, 6.45) is 3.82. The van der Waals surface area contributed by atoms with E-state index in [2.05, 4.69) is 334 Å². The molecular weight excluding hydrogens is 1120 g/mol. The Balaban J connectivity index is 0.732. The Morgan fingerprint density at radius 2 is 0.587 bits per heavy atom. The Hall–Kier alpha value is -12.8. The van der Waals surface area contributed by atoms with Gasteiger partial charge in [0.05, 0.1) is 33.2 Å². The highest BCUT2D eigenvalue weighted by Gasteiger charge is 2.21. The van der Waals surface area contributed by atoms with Gasteiger partial charge in [-0.3, -0.25) is 4.98 Å². The standard InChI is InChI=1S/C85H55N7/c86-54-65-30-29-64(51-66(65)55-87)85-79(60-35-45-73(46-36-60)91-81-27-15-13-25-75(81)77-52-62(39-49-83(77)91)58-31-41-71(42-32-58)89(67-17-5-1-6-18-67)68-19-7-2-8-20-68)56-88-57-80(85)61-37-47-74(48-38-61)92-82-28-16-14-26-76(82)78-53-63(40-50-84(78)92)59-33-43-72(44-34-59)90(69-21-9-3-10-22-69)70-23-11-4-12-24-70/h1-53,56-57H. The van der Waals surface area contributed by atoms with Gasteiger partial charge in [-0.05, 0) is 185 Å². The second-order valence-electron chi connectivity index (χ2n) is 23.0. The number of fused-ring (bicyclic) bond motifs is 6. The number of para-hydroxylation sites is 6. The molecular formula is C85H55N7. The number of pyridine rings is 1. The van der Waals surface area contributed by atoms with Crippen LogP contribution >= 0.6 is 0 Å². The lowest BCUT2D eigenvalue weighted by atomic mass is 9.88. The topological polar surface area (TPSA) is 76.8 Å². The maximum Gasteiger partial charge on any atom is 0.101 e. The van der Waals surface area contributed by atoms with Crippen LogP contribution in [-0.2, 0) is 0 Å². The van der Waals surface area contributed by atoms with Crippen molar-refractivity contribution in [2.75, 3.05) is 9.80 Å². The van der Waals surface area contributed by atoms with Crippen LogP contribution < -0.4 is 9.80 Å². The highest BCUT2D eigenvalue weighted by atomic mass is 15.1. The van der Waals surface area contributed by atoms with Gasteiger partial charge in [0.2, 0.25) is 0 Å². The third-order valence-corrected chi connectivity index (χ3v) is 17.7. The molecule has 3 aromatic heterocycles. The average Bonchev–Trinajstić information content (AvgIpc) is 1.57. The lowest BCUT2D eigenvalue weighted by molar-refractivity contribution is 1.18. The van der Waals surface area contributed by atoms with Crippen molar-refractivity contribution in [1.82, 2.24) is 14.1 Å². The van der Waals surface area contributed by atoms with Gasteiger partial charge in [-0.25, -0.2) is 0 Å². The minimum absolute atomic E-state index is 0.318. The third kappa shape index (κ3) is 9.77. The summed E-state index contributed by atoms with van der Waals surface area (Å²) < 4.78 is 4.69. The van der Waals surface area contributed by atoms with E-state index in [4.69, 9.17) is 4.98 Å². The van der Waals surface area contributed by atoms with Crippen molar-refractivity contribution in [2.24, 2.45) is 0 Å². The molecule has 16 aromatic rings. The van der Waals surface area contributed by atoms with E-state index in [9.17, 15) is 10.5 Å². The number of nitrogens with zero attached hydrogens (tertiary/aromatic N) is 7. The number of aromatic nitrogens is 3. The molecule has 0 radical (unpaired) electrons. The van der Waals surface area contributed by atoms with Gasteiger partial charge in [0.25, 0.3) is 0 Å². The predicted octanol–water partition coefficient (Wildman–Crippen LogP) is 22.3. The van der Waals surface area contributed by atoms with Crippen LogP contribution in [0.4, 0.5) is 34.1 Å². The van der Waals surface area contributed by atoms with E-state index < -0.39 is 0 Å². The SMILES string of the molecule is N#Cc1ccc(-c2c(-c3ccc(-n4c5ccccc5c5cc(-c6ccc(N(c7ccccc7)c7ccccc7)cc6)ccc54)cc3)cncc2-c2ccc(-n3c4ccccc4c4cc(-c5ccc(N(c6ccccc6)c6ccccc6)cc5)ccc43)cc2)cc1C#N. The molecule has 7 heteroatoms. The van der Waals surface area contributed by atoms with Gasteiger partial charge < -0.3 is 18.9 Å². The summed E-state index contributed by atoms with van der Waals surface area (Å²) in [6.45, 7) is 0. The summed E-state index contributed by atoms with van der Waals surface area (Å²) in [4.78, 5) is 9.49. The highest BCUT2D eigenvalue weighted by Crippen LogP contribution is 2.44. The molecule has 0 N–H and O–H groups in total. The summed E-state index contributed by atoms with van der Waals surface area (Å²) >= 11 is 0. The molecule has 13 aromatic carbocycles. The van der Waals surface area contributed by atoms with Gasteiger partial charge in [0.15, 0.2) is 0 Å². The summed E-state index contributed by atoms with van der Waals surface area (Å²) in [7, 11) is 0. The first-order valence-corrected chi connectivity index (χ1v) is 30.8. The molecule has 3 heterocycles. The Morgan fingerprint density at radius 3 is 0.978 bits per heavy atom. The molecule has 0 fully saturated rings. The lowest BCUT2D eigenvalue weighted by Gasteiger charge is -2.25. The van der Waals surface area contributed by atoms with Crippen molar-refractivity contribution < 1.29 is 0 Å². The quantitative estimate of drug-likeness (QED) is 0.115. The summed E-state index contributed by atoms with van der Waals surface area (Å²) in [5.41, 5.74) is 23.7. The molecule has 0 bridgehead atoms. The number of rotatable bonds is 13. The second-order valence-corrected chi connectivity index (χ2v) is 23.0. The van der Waals surface area contributed by atoms with E-state index in [1.165, 1.54) is 21.5 Å². The zero-order chi connectivity index (χ0) is 61.5. The van der Waals surface area contributed by atoms with E-state index in [1.807, 2.05) is 24.5 Å². The smallest absolute Gasteiger partial charge is 0.101 e. The summed E-state index contributed by atoms with van der Waals surface area (Å²) in [5.74, 6) is 0. The van der Waals surface area contributed by atoms with Crippen LogP contribution in [-0.4, -0.2) is 14.1 Å². The number of hydrogen-bond acceptors (Lipinski definition) is 5. The third-order valence-electron chi connectivity index (χ3n) is 17.7. The molecule has 0 aliphatic heterocycles. The molecule has 92 heavy (non-hydrogen) atoms. The van der Waals surface area contributed by atoms with E-state index in [0.717, 1.165) is 123 Å². The van der Waals surface area contributed by atoms with Gasteiger partial charge in [0.1, 0.15) is 12.1 Å². The van der Waals surface area contributed by atoms with Gasteiger partial charge >= 0.3 is 0 Å². The molecule has 0 aliphatic carbocycles. The van der Waals surface area contributed by atoms with Gasteiger partial charge in [-0.2, -0.15) is 10.5 Å². The van der Waals surface area contributed by atoms with Crippen LogP contribution in [0, 0.1) is 22.7 Å². The predicted molar refractivity (Wildman–Crippen MR) is 379 cm³/mol. The van der Waals surface area contributed by atoms with E-state index in [0.29, 0.717) is 11.1 Å². The molecule has 7 nitrogen and oxygen atoms in total. The number of benzene rings is 13. The molecule has 0 saturated carbocycles. The Labute approximate surface area is 533 Å². The van der Waals surface area contributed by atoms with Gasteiger partial charge in [-0.1, -0.05) is 176 Å². The first kappa shape index (κ1) is 54.6. The van der Waals surface area contributed by atoms with Crippen LogP contribution in [0.2, 0.25) is 0 Å². The normalized spacial score (nSPS) is 11.2. The maximum absolute atomic E-state index is 10.4. The monoisotopic (exact) mass is 1170 g/mol. The van der Waals surface area contributed by atoms with Crippen molar-refractivity contribution >= 4 is 77.7 Å². The summed E-state index contributed by atoms with van der Waals surface area (Å²) in [6, 6.07) is 118. The largest absolute Gasteiger partial charge is 0.311 e. The average molecular weight is 1170 g/mol. The zero-order valence-electron chi connectivity index (χ0n) is 49.9. The Bertz CT molecular complexity index is 5110. The van der Waals surface area contributed by atoms with Crippen molar-refractivity contribution in [1.29, 1.82) is 10.5 Å². The number of nitriles is 2. The fourth-order valence-electron chi connectivity index (χ4n) is 13.3. The van der Waals surface area contributed by atoms with E-state index in [1.54, 1.807) is 6.07 Å². The molecule has 0 atom stereocenters. The van der Waals surface area contributed by atoms with Crippen molar-refractivity contribution in [2.45, 2.75) is 0 Å². The molecule has 0 spiro atoms. The van der Waals surface area contributed by atoms with Crippen molar-refractivity contribution in [3.63, 3.8) is 0 Å². The molecule has 0 saturated heterocycles. The Morgan fingerprint density at radius 1 is 0.261 bits per heavy atom. The number of anilines is 6. The lowest BCUT2D eigenvalue weighted by Crippen LogP contribution is -2.09. The molecule has 16 rings (SSSR count). The minimum Gasteiger partial charge on any atom is -0.311 e. The van der Waals surface area contributed by atoms with Crippen molar-refractivity contribution in [3.05, 3.63) is 345 Å². The zero-order valence-corrected chi connectivity index (χ0v) is 49.9. The van der Waals surface area contributed by atoms with Gasteiger partial charge in [-0.15, -0.1) is 0 Å². The van der Waals surface area contributed by atoms with Gasteiger partial charge in [0, 0.05) is 96.1 Å². The highest BCUT2D eigenvalue weighted by molar-refractivity contribution is 6.12. The molecule has 430 valence electrons. The fourth-order valence-corrected chi connectivity index (χ4v) is 13.3. The first-order chi connectivity index (χ1) is 45.5. The maximum atomic E-state index is 10.4. The minimum atomic E-state index is 0.318. The fraction of sp³-hybridized carbons (Fsp3) is 0. The summed E-state index contributed by atoms with van der Waals surface area (Å²) in [5, 5.41) is 25.1. The first-order valence-electron chi connectivity index (χ1n) is 30.8. The van der Waals surface area contributed by atoms with E-state index >= 15 is 0 Å². The molecule has 0 unspecified atom stereocenters. The second kappa shape index (κ2) is 23.4. The number of hydrogen-bond donors (Lipinski definition) is 0. The molecule has 0 aliphatic rings. The van der Waals surface area contributed by atoms with Crippen LogP contribution in [0.3, 0.4) is 0 Å². The Kier molecular flexibility index (Phi) is 13.9. The molecule has 0 amide bonds. The van der Waals surface area contributed by atoms with Crippen molar-refractivity contribution in [3.8, 4) is 79.1 Å². The van der Waals surface area contributed by atoms with Crippen LogP contribution in [0.1, 0.15) is 11.1 Å².